The van der Waals surface area contributed by atoms with Gasteiger partial charge in [0.15, 0.2) is 0 Å². The van der Waals surface area contributed by atoms with Gasteiger partial charge in [-0.2, -0.15) is 0 Å². The highest BCUT2D eigenvalue weighted by Crippen LogP contribution is 2.57. The van der Waals surface area contributed by atoms with Gasteiger partial charge in [0.05, 0.1) is 11.0 Å². The molecule has 49 heavy (non-hydrogen) atoms. The van der Waals surface area contributed by atoms with E-state index in [0.717, 1.165) is 0 Å². The Balaban J connectivity index is 1.33. The minimum Gasteiger partial charge on any atom is -0.309 e. The first kappa shape index (κ1) is 27.2. The van der Waals surface area contributed by atoms with E-state index in [1.165, 1.54) is 97.1 Å². The Labute approximate surface area is 288 Å². The Morgan fingerprint density at radius 2 is 0.776 bits per heavy atom. The molecule has 0 radical (unpaired) electrons. The van der Waals surface area contributed by atoms with Gasteiger partial charge in [0.1, 0.15) is 0 Å². The first-order valence-corrected chi connectivity index (χ1v) is 17.8. The SMILES string of the molecule is c1ccc(-n2c3ccccc3c3ccc(C4c5c(c6ccccc6c6ccccc56)Sc5c4c4ccccc4c4ccccc54)cc32)cc1. The van der Waals surface area contributed by atoms with Crippen LogP contribution in [0.15, 0.2) is 180 Å². The molecular formula is C47H29NS. The van der Waals surface area contributed by atoms with Crippen molar-refractivity contribution < 1.29 is 0 Å². The summed E-state index contributed by atoms with van der Waals surface area (Å²) in [6, 6.07) is 63.0. The molecule has 228 valence electrons. The van der Waals surface area contributed by atoms with Crippen LogP contribution in [-0.4, -0.2) is 4.57 Å². The molecule has 9 aromatic carbocycles. The zero-order chi connectivity index (χ0) is 32.1. The second-order valence-electron chi connectivity index (χ2n) is 13.2. The second-order valence-corrected chi connectivity index (χ2v) is 14.2. The van der Waals surface area contributed by atoms with Crippen LogP contribution >= 0.6 is 11.8 Å². The number of rotatable bonds is 2. The molecule has 0 unspecified atom stereocenters. The molecule has 0 saturated heterocycles. The van der Waals surface area contributed by atoms with E-state index < -0.39 is 0 Å². The number of aromatic nitrogens is 1. The van der Waals surface area contributed by atoms with Gasteiger partial charge in [-0.1, -0.05) is 157 Å². The summed E-state index contributed by atoms with van der Waals surface area (Å²) < 4.78 is 2.45. The topological polar surface area (TPSA) is 4.93 Å². The number of nitrogens with zero attached hydrogens (tertiary/aromatic N) is 1. The molecule has 0 aliphatic carbocycles. The zero-order valence-electron chi connectivity index (χ0n) is 26.6. The van der Waals surface area contributed by atoms with E-state index in [9.17, 15) is 0 Å². The van der Waals surface area contributed by atoms with Crippen LogP contribution in [0.1, 0.15) is 22.6 Å². The van der Waals surface area contributed by atoms with E-state index in [4.69, 9.17) is 0 Å². The van der Waals surface area contributed by atoms with Crippen LogP contribution in [0.5, 0.6) is 0 Å². The summed E-state index contributed by atoms with van der Waals surface area (Å²) in [5.74, 6) is 0.0295. The lowest BCUT2D eigenvalue weighted by Gasteiger charge is -2.33. The first-order chi connectivity index (χ1) is 24.3. The highest BCUT2D eigenvalue weighted by molar-refractivity contribution is 8.00. The highest BCUT2D eigenvalue weighted by atomic mass is 32.2. The summed E-state index contributed by atoms with van der Waals surface area (Å²) in [6.45, 7) is 0. The fourth-order valence-corrected chi connectivity index (χ4v) is 10.1. The van der Waals surface area contributed by atoms with Gasteiger partial charge >= 0.3 is 0 Å². The van der Waals surface area contributed by atoms with E-state index in [-0.39, 0.29) is 5.92 Å². The maximum absolute atomic E-state index is 2.49. The molecule has 11 rings (SSSR count). The molecule has 1 aromatic heterocycles. The molecule has 0 atom stereocenters. The molecule has 1 nitrogen and oxygen atoms in total. The van der Waals surface area contributed by atoms with Crippen LogP contribution in [-0.2, 0) is 0 Å². The van der Waals surface area contributed by atoms with Crippen LogP contribution in [0, 0.1) is 0 Å². The monoisotopic (exact) mass is 639 g/mol. The molecule has 2 heterocycles. The summed E-state index contributed by atoms with van der Waals surface area (Å²) in [4.78, 5) is 2.74. The van der Waals surface area contributed by atoms with Gasteiger partial charge in [0.2, 0.25) is 0 Å². The summed E-state index contributed by atoms with van der Waals surface area (Å²) in [5, 5.41) is 13.1. The Morgan fingerprint density at radius 1 is 0.347 bits per heavy atom. The smallest absolute Gasteiger partial charge is 0.0544 e. The van der Waals surface area contributed by atoms with Crippen molar-refractivity contribution in [2.24, 2.45) is 0 Å². The van der Waals surface area contributed by atoms with Crippen LogP contribution in [0.2, 0.25) is 0 Å². The van der Waals surface area contributed by atoms with Crippen LogP contribution < -0.4 is 0 Å². The van der Waals surface area contributed by atoms with Crippen LogP contribution in [0.3, 0.4) is 0 Å². The van der Waals surface area contributed by atoms with Gasteiger partial charge in [-0.3, -0.25) is 0 Å². The van der Waals surface area contributed by atoms with E-state index in [0.29, 0.717) is 0 Å². The number of fused-ring (bicyclic) bond motifs is 15. The molecule has 0 saturated carbocycles. The Kier molecular flexibility index (Phi) is 5.73. The third kappa shape index (κ3) is 3.78. The molecule has 2 heteroatoms. The van der Waals surface area contributed by atoms with Crippen molar-refractivity contribution in [3.05, 3.63) is 187 Å². The molecule has 0 bridgehead atoms. The van der Waals surface area contributed by atoms with Gasteiger partial charge in [0, 0.05) is 32.2 Å². The molecule has 1 aliphatic heterocycles. The van der Waals surface area contributed by atoms with Crippen molar-refractivity contribution in [3.8, 4) is 5.69 Å². The van der Waals surface area contributed by atoms with E-state index in [2.05, 4.69) is 174 Å². The fraction of sp³-hybridized carbons (Fsp3) is 0.0213. The molecule has 0 fully saturated rings. The van der Waals surface area contributed by atoms with Crippen molar-refractivity contribution in [2.45, 2.75) is 15.7 Å². The van der Waals surface area contributed by atoms with E-state index >= 15 is 0 Å². The summed E-state index contributed by atoms with van der Waals surface area (Å²) in [7, 11) is 0. The van der Waals surface area contributed by atoms with Crippen LogP contribution in [0.25, 0.3) is 70.6 Å². The molecule has 10 aromatic rings. The number of hydrogen-bond donors (Lipinski definition) is 0. The third-order valence-corrected chi connectivity index (χ3v) is 12.0. The number of benzene rings is 9. The highest BCUT2D eigenvalue weighted by Gasteiger charge is 2.34. The predicted octanol–water partition coefficient (Wildman–Crippen LogP) is 13.0. The molecule has 0 amide bonds. The lowest BCUT2D eigenvalue weighted by Crippen LogP contribution is -2.13. The van der Waals surface area contributed by atoms with Gasteiger partial charge in [-0.15, -0.1) is 0 Å². The molecule has 0 N–H and O–H groups in total. The van der Waals surface area contributed by atoms with Gasteiger partial charge in [0.25, 0.3) is 0 Å². The quantitative estimate of drug-likeness (QED) is 0.170. The average molecular weight is 640 g/mol. The summed E-state index contributed by atoms with van der Waals surface area (Å²) >= 11 is 1.97. The van der Waals surface area contributed by atoms with Crippen molar-refractivity contribution in [1.29, 1.82) is 0 Å². The first-order valence-electron chi connectivity index (χ1n) is 17.0. The second kappa shape index (κ2) is 10.3. The maximum atomic E-state index is 2.49. The Hall–Kier alpha value is -5.83. The largest absolute Gasteiger partial charge is 0.309 e. The van der Waals surface area contributed by atoms with Crippen molar-refractivity contribution in [3.63, 3.8) is 0 Å². The zero-order valence-corrected chi connectivity index (χ0v) is 27.4. The minimum absolute atomic E-state index is 0.0295. The summed E-state index contributed by atoms with van der Waals surface area (Å²) in [5.41, 5.74) is 7.79. The number of para-hydroxylation sites is 2. The average Bonchev–Trinajstić information content (AvgIpc) is 3.51. The molecular weight excluding hydrogens is 611 g/mol. The fourth-order valence-electron chi connectivity index (χ4n) is 8.67. The summed E-state index contributed by atoms with van der Waals surface area (Å²) in [6.07, 6.45) is 0. The normalized spacial score (nSPS) is 13.1. The van der Waals surface area contributed by atoms with E-state index in [1.807, 2.05) is 11.8 Å². The van der Waals surface area contributed by atoms with Gasteiger partial charge in [-0.25, -0.2) is 0 Å². The minimum atomic E-state index is 0.0295. The van der Waals surface area contributed by atoms with Crippen LogP contribution in [0.4, 0.5) is 0 Å². The van der Waals surface area contributed by atoms with Gasteiger partial charge < -0.3 is 4.57 Å². The van der Waals surface area contributed by atoms with E-state index in [1.54, 1.807) is 0 Å². The number of hydrogen-bond acceptors (Lipinski definition) is 1. The predicted molar refractivity (Wildman–Crippen MR) is 209 cm³/mol. The Morgan fingerprint density at radius 3 is 1.35 bits per heavy atom. The molecule has 1 aliphatic rings. The lowest BCUT2D eigenvalue weighted by molar-refractivity contribution is 0.939. The van der Waals surface area contributed by atoms with Gasteiger partial charge in [-0.05, 0) is 84.0 Å². The van der Waals surface area contributed by atoms with Crippen molar-refractivity contribution in [2.75, 3.05) is 0 Å². The Bertz CT molecular complexity index is 2850. The molecule has 0 spiro atoms. The third-order valence-electron chi connectivity index (χ3n) is 10.7. The lowest BCUT2D eigenvalue weighted by atomic mass is 9.78. The van der Waals surface area contributed by atoms with Crippen molar-refractivity contribution in [1.82, 2.24) is 4.57 Å². The maximum Gasteiger partial charge on any atom is 0.0544 e. The van der Waals surface area contributed by atoms with Crippen molar-refractivity contribution >= 4 is 76.7 Å². The standard InChI is InChI=1S/C47H29NS/c1-2-14-30(15-3-1)48-41-25-13-12-20-35(41)36-27-26-29(28-42(36)48)43-44-37-21-8-4-16-31(37)33-18-6-10-23-39(33)46(44)49-47-40-24-11-7-19-34(40)32-17-5-9-22-38(32)45(43)47/h1-28,43H.